The van der Waals surface area contributed by atoms with Crippen LogP contribution in [0, 0.1) is 0 Å². The fourth-order valence-corrected chi connectivity index (χ4v) is 4.09. The molecule has 0 spiro atoms. The molecule has 1 amide bonds. The Labute approximate surface area is 117 Å². The molecule has 2 aromatic carbocycles. The topological polar surface area (TPSA) is 46.2 Å². The largest absolute Gasteiger partial charge is 0.299 e. The first-order valence-electron chi connectivity index (χ1n) is 5.75. The summed E-state index contributed by atoms with van der Waals surface area (Å²) in [6.07, 6.45) is 0. The second kappa shape index (κ2) is 6.05. The first-order valence-corrected chi connectivity index (χ1v) is 7.99. The van der Waals surface area contributed by atoms with Crippen LogP contribution in [-0.2, 0) is 9.36 Å². The zero-order valence-corrected chi connectivity index (χ0v) is 11.8. The predicted molar refractivity (Wildman–Crippen MR) is 78.6 cm³/mol. The van der Waals surface area contributed by atoms with Crippen LogP contribution in [0.2, 0.25) is 0 Å². The van der Waals surface area contributed by atoms with Crippen molar-refractivity contribution in [3.05, 3.63) is 60.7 Å². The van der Waals surface area contributed by atoms with E-state index in [-0.39, 0.29) is 5.88 Å². The summed E-state index contributed by atoms with van der Waals surface area (Å²) in [4.78, 5) is 11.6. The maximum atomic E-state index is 13.2. The molecule has 0 saturated heterocycles. The van der Waals surface area contributed by atoms with Gasteiger partial charge in [-0.25, -0.2) is 0 Å². The molecule has 0 heterocycles. The minimum atomic E-state index is -3.18. The Morgan fingerprint density at radius 1 is 0.947 bits per heavy atom. The number of rotatable bonds is 4. The number of carbonyl (C=O) groups is 1. The molecule has 2 aromatic rings. The van der Waals surface area contributed by atoms with E-state index in [0.717, 1.165) is 0 Å². The fraction of sp³-hybridized carbons (Fsp3) is 0.0714. The first kappa shape index (κ1) is 13.9. The quantitative estimate of drug-likeness (QED) is 0.694. The molecule has 0 unspecified atom stereocenters. The highest BCUT2D eigenvalue weighted by molar-refractivity contribution is 7.77. The Bertz CT molecular complexity index is 558. The van der Waals surface area contributed by atoms with Crippen molar-refractivity contribution in [3.63, 3.8) is 0 Å². The van der Waals surface area contributed by atoms with Gasteiger partial charge in [0.1, 0.15) is 5.88 Å². The molecule has 3 nitrogen and oxygen atoms in total. The molecule has 0 aliphatic carbocycles. The van der Waals surface area contributed by atoms with E-state index < -0.39 is 13.2 Å². The third-order valence-corrected chi connectivity index (χ3v) is 5.50. The van der Waals surface area contributed by atoms with E-state index in [0.29, 0.717) is 10.6 Å². The highest BCUT2D eigenvalue weighted by Crippen LogP contribution is 2.38. The molecule has 98 valence electrons. The number of benzene rings is 2. The number of amides is 1. The van der Waals surface area contributed by atoms with Crippen molar-refractivity contribution < 1.29 is 9.36 Å². The summed E-state index contributed by atoms with van der Waals surface area (Å²) in [7, 11) is -3.18. The van der Waals surface area contributed by atoms with Gasteiger partial charge in [-0.1, -0.05) is 36.4 Å². The van der Waals surface area contributed by atoms with Crippen molar-refractivity contribution in [3.8, 4) is 0 Å². The molecular weight excluding hydrogens is 281 g/mol. The molecule has 0 atom stereocenters. The van der Waals surface area contributed by atoms with Gasteiger partial charge in [-0.3, -0.25) is 14.4 Å². The third-order valence-electron chi connectivity index (χ3n) is 2.64. The number of hydrogen-bond acceptors (Lipinski definition) is 2. The first-order chi connectivity index (χ1) is 9.16. The van der Waals surface area contributed by atoms with E-state index in [1.54, 1.807) is 48.5 Å². The second-order valence-corrected chi connectivity index (χ2v) is 6.69. The van der Waals surface area contributed by atoms with Crippen LogP contribution in [0.3, 0.4) is 0 Å². The molecule has 2 rings (SSSR count). The zero-order valence-electron chi connectivity index (χ0n) is 10.1. The molecule has 0 radical (unpaired) electrons. The van der Waals surface area contributed by atoms with Gasteiger partial charge in [0.15, 0.2) is 0 Å². The number of alkyl halides is 1. The lowest BCUT2D eigenvalue weighted by Crippen LogP contribution is -2.32. The molecular formula is C14H13ClNO2P. The highest BCUT2D eigenvalue weighted by atomic mass is 35.5. The van der Waals surface area contributed by atoms with Crippen molar-refractivity contribution in [2.75, 3.05) is 5.88 Å². The van der Waals surface area contributed by atoms with Crippen LogP contribution in [0.5, 0.6) is 0 Å². The average Bonchev–Trinajstić information content (AvgIpc) is 2.48. The van der Waals surface area contributed by atoms with Gasteiger partial charge in [-0.2, -0.15) is 0 Å². The molecule has 0 aliphatic rings. The van der Waals surface area contributed by atoms with Gasteiger partial charge in [0.25, 0.3) is 0 Å². The fourth-order valence-electron chi connectivity index (χ4n) is 1.76. The van der Waals surface area contributed by atoms with Crippen LogP contribution >= 0.6 is 18.9 Å². The number of halogens is 1. The maximum Gasteiger partial charge on any atom is 0.240 e. The van der Waals surface area contributed by atoms with E-state index in [1.807, 2.05) is 12.1 Å². The van der Waals surface area contributed by atoms with E-state index >= 15 is 0 Å². The zero-order chi connectivity index (χ0) is 13.7. The molecule has 5 heteroatoms. The van der Waals surface area contributed by atoms with Crippen LogP contribution < -0.4 is 15.7 Å². The summed E-state index contributed by atoms with van der Waals surface area (Å²) in [5, 5.41) is 3.73. The smallest absolute Gasteiger partial charge is 0.240 e. The van der Waals surface area contributed by atoms with Crippen LogP contribution in [0.4, 0.5) is 0 Å². The SMILES string of the molecule is O=C(CCl)NP(=O)(c1ccccc1)c1ccccc1. The lowest BCUT2D eigenvalue weighted by Gasteiger charge is -2.19. The molecule has 0 fully saturated rings. The molecule has 0 saturated carbocycles. The van der Waals surface area contributed by atoms with Crippen molar-refractivity contribution in [1.82, 2.24) is 5.09 Å². The normalized spacial score (nSPS) is 11.0. The Hall–Kier alpha value is -1.57. The number of nitrogens with one attached hydrogen (secondary N) is 1. The van der Waals surface area contributed by atoms with Gasteiger partial charge in [0, 0.05) is 10.6 Å². The lowest BCUT2D eigenvalue weighted by molar-refractivity contribution is -0.117. The minimum absolute atomic E-state index is 0.219. The van der Waals surface area contributed by atoms with Crippen LogP contribution in [0.1, 0.15) is 0 Å². The molecule has 0 aromatic heterocycles. The van der Waals surface area contributed by atoms with Crippen molar-refractivity contribution >= 4 is 35.4 Å². The average molecular weight is 294 g/mol. The van der Waals surface area contributed by atoms with Gasteiger partial charge in [-0.05, 0) is 24.3 Å². The molecule has 1 N–H and O–H groups in total. The van der Waals surface area contributed by atoms with Gasteiger partial charge < -0.3 is 0 Å². The Morgan fingerprint density at radius 2 is 1.37 bits per heavy atom. The van der Waals surface area contributed by atoms with Crippen molar-refractivity contribution in [1.29, 1.82) is 0 Å². The Balaban J connectivity index is 2.51. The summed E-state index contributed by atoms with van der Waals surface area (Å²) in [5.41, 5.74) is 0. The van der Waals surface area contributed by atoms with Gasteiger partial charge in [0.05, 0.1) is 0 Å². The van der Waals surface area contributed by atoms with Crippen LogP contribution in [0.25, 0.3) is 0 Å². The summed E-state index contributed by atoms with van der Waals surface area (Å²) in [6, 6.07) is 17.8. The summed E-state index contributed by atoms with van der Waals surface area (Å²) < 4.78 is 13.2. The Kier molecular flexibility index (Phi) is 4.41. The monoisotopic (exact) mass is 293 g/mol. The number of carbonyl (C=O) groups excluding carboxylic acids is 1. The Morgan fingerprint density at radius 3 is 1.74 bits per heavy atom. The summed E-state index contributed by atoms with van der Waals surface area (Å²) in [5.74, 6) is -0.665. The van der Waals surface area contributed by atoms with E-state index in [4.69, 9.17) is 11.6 Å². The van der Waals surface area contributed by atoms with E-state index in [2.05, 4.69) is 5.09 Å². The van der Waals surface area contributed by atoms with E-state index in [1.165, 1.54) is 0 Å². The number of hydrogen-bond donors (Lipinski definition) is 1. The second-order valence-electron chi connectivity index (χ2n) is 3.95. The standard InChI is InChI=1S/C14H13ClNO2P/c15-11-14(17)16-19(18,12-7-3-1-4-8-12)13-9-5-2-6-10-13/h1-10H,11H2,(H,16,17,18). The maximum absolute atomic E-state index is 13.2. The third kappa shape index (κ3) is 3.06. The van der Waals surface area contributed by atoms with Gasteiger partial charge in [0.2, 0.25) is 13.2 Å². The lowest BCUT2D eigenvalue weighted by atomic mass is 10.4. The summed E-state index contributed by atoms with van der Waals surface area (Å²) in [6.45, 7) is 0. The molecule has 0 aliphatic heterocycles. The van der Waals surface area contributed by atoms with Crippen LogP contribution in [0.15, 0.2) is 60.7 Å². The van der Waals surface area contributed by atoms with Gasteiger partial charge in [-0.15, -0.1) is 11.6 Å². The highest BCUT2D eigenvalue weighted by Gasteiger charge is 2.28. The molecule has 0 bridgehead atoms. The molecule has 19 heavy (non-hydrogen) atoms. The predicted octanol–water partition coefficient (Wildman–Crippen LogP) is 2.27. The van der Waals surface area contributed by atoms with Gasteiger partial charge >= 0.3 is 0 Å². The van der Waals surface area contributed by atoms with Crippen molar-refractivity contribution in [2.24, 2.45) is 0 Å². The van der Waals surface area contributed by atoms with Crippen molar-refractivity contribution in [2.45, 2.75) is 0 Å². The van der Waals surface area contributed by atoms with E-state index in [9.17, 15) is 9.36 Å². The minimum Gasteiger partial charge on any atom is -0.299 e. The summed E-state index contributed by atoms with van der Waals surface area (Å²) >= 11 is 5.50. The van der Waals surface area contributed by atoms with Crippen LogP contribution in [-0.4, -0.2) is 11.8 Å².